The number of amides is 2. The zero-order chi connectivity index (χ0) is 21.2. The smallest absolute Gasteiger partial charge is 0.266 e. The van der Waals surface area contributed by atoms with Crippen LogP contribution in [0.2, 0.25) is 0 Å². The zero-order valence-electron chi connectivity index (χ0n) is 16.5. The molecule has 0 fully saturated rings. The number of hydrogen-bond acceptors (Lipinski definition) is 5. The number of hydroxylamine groups is 2. The minimum atomic E-state index is -4.37. The van der Waals surface area contributed by atoms with Gasteiger partial charge in [-0.05, 0) is 59.0 Å². The molecule has 0 aromatic heterocycles. The summed E-state index contributed by atoms with van der Waals surface area (Å²) >= 11 is 0. The lowest BCUT2D eigenvalue weighted by Gasteiger charge is -2.25. The molecule has 30 heavy (non-hydrogen) atoms. The van der Waals surface area contributed by atoms with E-state index in [0.29, 0.717) is 22.3 Å². The van der Waals surface area contributed by atoms with Gasteiger partial charge in [-0.1, -0.05) is 44.2 Å². The van der Waals surface area contributed by atoms with Gasteiger partial charge in [-0.2, -0.15) is 8.42 Å². The first-order chi connectivity index (χ1) is 14.3. The summed E-state index contributed by atoms with van der Waals surface area (Å²) in [5.74, 6) is -0.825. The Balaban J connectivity index is 1.53. The number of benzene rings is 3. The fourth-order valence-corrected chi connectivity index (χ4v) is 5.35. The van der Waals surface area contributed by atoms with Gasteiger partial charge < -0.3 is 0 Å². The number of carbonyl (C=O) groups excluding carboxylic acids is 2. The zero-order valence-corrected chi connectivity index (χ0v) is 17.3. The SMILES string of the molecule is CC1Cc2cc(S(=O)(=O)ON3C(=O)c4cccc5cccc(c45)C3=O)ccc2C1C. The highest BCUT2D eigenvalue weighted by molar-refractivity contribution is 7.86. The standard InChI is InChI=1S/C23H19NO5S/c1-13-11-16-12-17(9-10-18(16)14(13)2)30(27,28)29-24-22(25)19-7-3-5-15-6-4-8-20(21(15)19)23(24)26/h3-10,12-14H,11H2,1-2H3. The van der Waals surface area contributed by atoms with Gasteiger partial charge in [-0.25, -0.2) is 0 Å². The van der Waals surface area contributed by atoms with Crippen LogP contribution in [-0.4, -0.2) is 25.3 Å². The Morgan fingerprint density at radius 3 is 2.20 bits per heavy atom. The number of imide groups is 1. The Kier molecular flexibility index (Phi) is 4.10. The topological polar surface area (TPSA) is 80.8 Å². The minimum absolute atomic E-state index is 0.0692. The third-order valence-electron chi connectivity index (χ3n) is 6.20. The molecule has 0 N–H and O–H groups in total. The van der Waals surface area contributed by atoms with Crippen LogP contribution in [0, 0.1) is 5.92 Å². The molecule has 1 aliphatic heterocycles. The van der Waals surface area contributed by atoms with E-state index in [9.17, 15) is 18.0 Å². The summed E-state index contributed by atoms with van der Waals surface area (Å²) in [6, 6.07) is 14.9. The molecule has 5 rings (SSSR count). The molecule has 2 unspecified atom stereocenters. The maximum atomic E-state index is 12.9. The molecule has 3 aromatic rings. The van der Waals surface area contributed by atoms with Crippen molar-refractivity contribution in [2.24, 2.45) is 5.92 Å². The molecule has 0 saturated heterocycles. The van der Waals surface area contributed by atoms with Crippen molar-refractivity contribution in [3.05, 3.63) is 76.9 Å². The van der Waals surface area contributed by atoms with Crippen LogP contribution < -0.4 is 0 Å². The van der Waals surface area contributed by atoms with Crippen molar-refractivity contribution in [2.75, 3.05) is 0 Å². The fraction of sp³-hybridized carbons (Fsp3) is 0.217. The van der Waals surface area contributed by atoms with Gasteiger partial charge in [-0.3, -0.25) is 9.59 Å². The molecule has 2 aliphatic rings. The average Bonchev–Trinajstić information content (AvgIpc) is 3.02. The number of hydrogen-bond donors (Lipinski definition) is 0. The van der Waals surface area contributed by atoms with Crippen molar-refractivity contribution in [3.63, 3.8) is 0 Å². The predicted octanol–water partition coefficient (Wildman–Crippen LogP) is 4.05. The quantitative estimate of drug-likeness (QED) is 0.596. The van der Waals surface area contributed by atoms with Gasteiger partial charge in [0.1, 0.15) is 0 Å². The minimum Gasteiger partial charge on any atom is -0.266 e. The van der Waals surface area contributed by atoms with E-state index in [1.807, 2.05) is 0 Å². The van der Waals surface area contributed by atoms with Crippen LogP contribution in [0.25, 0.3) is 10.8 Å². The summed E-state index contributed by atoms with van der Waals surface area (Å²) in [7, 11) is -4.37. The molecular weight excluding hydrogens is 402 g/mol. The lowest BCUT2D eigenvalue weighted by Crippen LogP contribution is -2.41. The molecular formula is C23H19NO5S. The molecule has 2 atom stereocenters. The third kappa shape index (κ3) is 2.69. The van der Waals surface area contributed by atoms with Crippen LogP contribution in [0.5, 0.6) is 0 Å². The van der Waals surface area contributed by atoms with E-state index in [1.54, 1.807) is 48.5 Å². The number of nitrogens with zero attached hydrogens (tertiary/aromatic N) is 1. The van der Waals surface area contributed by atoms with E-state index >= 15 is 0 Å². The molecule has 0 saturated carbocycles. The molecule has 0 spiro atoms. The monoisotopic (exact) mass is 421 g/mol. The maximum Gasteiger partial charge on any atom is 0.318 e. The first kappa shape index (κ1) is 19.0. The van der Waals surface area contributed by atoms with E-state index in [0.717, 1.165) is 22.9 Å². The van der Waals surface area contributed by atoms with E-state index < -0.39 is 21.9 Å². The first-order valence-corrected chi connectivity index (χ1v) is 11.2. The van der Waals surface area contributed by atoms with Crippen LogP contribution in [0.1, 0.15) is 51.6 Å². The second-order valence-electron chi connectivity index (χ2n) is 7.97. The number of fused-ring (bicyclic) bond motifs is 1. The molecule has 0 radical (unpaired) electrons. The molecule has 1 heterocycles. The molecule has 3 aromatic carbocycles. The van der Waals surface area contributed by atoms with Crippen molar-refractivity contribution >= 4 is 32.7 Å². The summed E-state index contributed by atoms with van der Waals surface area (Å²) in [4.78, 5) is 25.8. The Morgan fingerprint density at radius 2 is 1.57 bits per heavy atom. The second-order valence-corrected chi connectivity index (χ2v) is 9.50. The van der Waals surface area contributed by atoms with Gasteiger partial charge in [0.15, 0.2) is 0 Å². The van der Waals surface area contributed by atoms with E-state index in [4.69, 9.17) is 4.28 Å². The van der Waals surface area contributed by atoms with Gasteiger partial charge >= 0.3 is 10.1 Å². The summed E-state index contributed by atoms with van der Waals surface area (Å²) in [6.07, 6.45) is 0.775. The van der Waals surface area contributed by atoms with Gasteiger partial charge in [0, 0.05) is 5.39 Å². The average molecular weight is 421 g/mol. The number of carbonyl (C=O) groups is 2. The Morgan fingerprint density at radius 1 is 0.933 bits per heavy atom. The summed E-state index contributed by atoms with van der Waals surface area (Å²) < 4.78 is 31.0. The first-order valence-electron chi connectivity index (χ1n) is 9.76. The van der Waals surface area contributed by atoms with Crippen molar-refractivity contribution in [2.45, 2.75) is 31.1 Å². The third-order valence-corrected chi connectivity index (χ3v) is 7.37. The van der Waals surface area contributed by atoms with Gasteiger partial charge in [0.25, 0.3) is 11.8 Å². The Hall–Kier alpha value is -3.03. The van der Waals surface area contributed by atoms with E-state index in [2.05, 4.69) is 13.8 Å². The van der Waals surface area contributed by atoms with E-state index in [-0.39, 0.29) is 16.0 Å². The highest BCUT2D eigenvalue weighted by atomic mass is 32.2. The Labute approximate surface area is 174 Å². The molecule has 0 bridgehead atoms. The van der Waals surface area contributed by atoms with Gasteiger partial charge in [0.2, 0.25) is 0 Å². The van der Waals surface area contributed by atoms with Gasteiger partial charge in [0.05, 0.1) is 16.0 Å². The van der Waals surface area contributed by atoms with E-state index in [1.165, 1.54) is 6.07 Å². The van der Waals surface area contributed by atoms with Crippen LogP contribution >= 0.6 is 0 Å². The molecule has 2 amide bonds. The van der Waals surface area contributed by atoms with Crippen LogP contribution in [0.3, 0.4) is 0 Å². The summed E-state index contributed by atoms with van der Waals surface area (Å²) in [6.45, 7) is 4.24. The molecule has 6 nitrogen and oxygen atoms in total. The lowest BCUT2D eigenvalue weighted by atomic mass is 9.95. The van der Waals surface area contributed by atoms with Crippen LogP contribution in [0.15, 0.2) is 59.5 Å². The summed E-state index contributed by atoms with van der Waals surface area (Å²) in [5.41, 5.74) is 2.53. The summed E-state index contributed by atoms with van der Waals surface area (Å²) in [5, 5.41) is 1.59. The molecule has 7 heteroatoms. The fourth-order valence-electron chi connectivity index (χ4n) is 4.41. The highest BCUT2D eigenvalue weighted by Crippen LogP contribution is 2.38. The largest absolute Gasteiger partial charge is 0.318 e. The number of rotatable bonds is 3. The van der Waals surface area contributed by atoms with Crippen molar-refractivity contribution in [1.82, 2.24) is 5.06 Å². The molecule has 152 valence electrons. The lowest BCUT2D eigenvalue weighted by molar-refractivity contribution is -0.0155. The van der Waals surface area contributed by atoms with Crippen LogP contribution in [-0.2, 0) is 20.8 Å². The highest BCUT2D eigenvalue weighted by Gasteiger charge is 2.38. The van der Waals surface area contributed by atoms with Crippen LogP contribution in [0.4, 0.5) is 0 Å². The predicted molar refractivity (Wildman–Crippen MR) is 110 cm³/mol. The van der Waals surface area contributed by atoms with Crippen molar-refractivity contribution in [3.8, 4) is 0 Å². The normalized spacial score (nSPS) is 20.7. The Bertz CT molecular complexity index is 1290. The van der Waals surface area contributed by atoms with Crippen molar-refractivity contribution < 1.29 is 22.3 Å². The van der Waals surface area contributed by atoms with Crippen molar-refractivity contribution in [1.29, 1.82) is 0 Å². The maximum absolute atomic E-state index is 12.9. The van der Waals surface area contributed by atoms with Gasteiger partial charge in [-0.15, -0.1) is 9.35 Å². The molecule has 1 aliphatic carbocycles. The second kappa shape index (κ2) is 6.48.